The lowest BCUT2D eigenvalue weighted by atomic mass is 9.51. The van der Waals surface area contributed by atoms with E-state index in [2.05, 4.69) is 66.8 Å². The van der Waals surface area contributed by atoms with Gasteiger partial charge in [0.25, 0.3) is 0 Å². The first-order valence-corrected chi connectivity index (χ1v) is 9.05. The van der Waals surface area contributed by atoms with Gasteiger partial charge in [0.15, 0.2) is 0 Å². The number of benzene rings is 2. The van der Waals surface area contributed by atoms with Crippen molar-refractivity contribution in [2.24, 2.45) is 11.8 Å². The lowest BCUT2D eigenvalue weighted by molar-refractivity contribution is -0.135. The van der Waals surface area contributed by atoms with Crippen molar-refractivity contribution in [2.75, 3.05) is 0 Å². The minimum atomic E-state index is 0.0346. The number of hydrogen-bond donors (Lipinski definition) is 1. The van der Waals surface area contributed by atoms with Crippen LogP contribution >= 0.6 is 0 Å². The Balaban J connectivity index is 1.66. The Morgan fingerprint density at radius 2 is 1.67 bits per heavy atom. The molecule has 3 fully saturated rings. The lowest BCUT2D eigenvalue weighted by Gasteiger charge is -2.55. The number of nitrogens with one attached hydrogen (secondary N) is 1. The van der Waals surface area contributed by atoms with Crippen molar-refractivity contribution in [2.45, 2.75) is 44.2 Å². The maximum absolute atomic E-state index is 12.6. The van der Waals surface area contributed by atoms with Gasteiger partial charge in [-0.15, -0.1) is 0 Å². The monoisotopic (exact) mass is 319 g/mol. The van der Waals surface area contributed by atoms with Crippen LogP contribution in [0.4, 0.5) is 0 Å². The fourth-order valence-electron chi connectivity index (χ4n) is 4.96. The van der Waals surface area contributed by atoms with Crippen LogP contribution in [0.5, 0.6) is 0 Å². The molecule has 2 aromatic rings. The fourth-order valence-corrected chi connectivity index (χ4v) is 4.96. The second-order valence-corrected chi connectivity index (χ2v) is 7.54. The maximum Gasteiger partial charge on any atom is 0.137 e. The van der Waals surface area contributed by atoms with Crippen LogP contribution in [0.2, 0.25) is 0 Å². The summed E-state index contributed by atoms with van der Waals surface area (Å²) < 4.78 is 0. The van der Waals surface area contributed by atoms with Gasteiger partial charge in [-0.25, -0.2) is 0 Å². The van der Waals surface area contributed by atoms with E-state index in [0.717, 1.165) is 19.4 Å². The molecule has 1 N–H and O–H groups in total. The van der Waals surface area contributed by atoms with Crippen LogP contribution in [0.1, 0.15) is 37.3 Å². The molecular formula is C22H25NO. The molecule has 0 aromatic heterocycles. The Hall–Kier alpha value is -1.93. The SMILES string of the molecule is CC1(c2ccccc2)C2CCC(C(=O)C2)C1NCc1ccccc1. The molecule has 0 radical (unpaired) electrons. The van der Waals surface area contributed by atoms with Gasteiger partial charge in [0.05, 0.1) is 0 Å². The first-order valence-electron chi connectivity index (χ1n) is 9.05. The third kappa shape index (κ3) is 2.50. The second kappa shape index (κ2) is 6.18. The van der Waals surface area contributed by atoms with Crippen molar-refractivity contribution in [3.63, 3.8) is 0 Å². The zero-order chi connectivity index (χ0) is 16.6. The molecule has 4 atom stereocenters. The van der Waals surface area contributed by atoms with Crippen molar-refractivity contribution < 1.29 is 4.79 Å². The largest absolute Gasteiger partial charge is 0.308 e. The normalized spacial score (nSPS) is 32.0. The second-order valence-electron chi connectivity index (χ2n) is 7.54. The molecule has 2 aromatic carbocycles. The lowest BCUT2D eigenvalue weighted by Crippen LogP contribution is -2.63. The summed E-state index contributed by atoms with van der Waals surface area (Å²) in [6.45, 7) is 3.19. The number of ketones is 1. The van der Waals surface area contributed by atoms with E-state index in [1.165, 1.54) is 17.5 Å². The average Bonchev–Trinajstić information content (AvgIpc) is 2.63. The van der Waals surface area contributed by atoms with Gasteiger partial charge in [-0.1, -0.05) is 67.6 Å². The van der Waals surface area contributed by atoms with Crippen LogP contribution in [-0.2, 0) is 16.8 Å². The van der Waals surface area contributed by atoms with Gasteiger partial charge in [-0.3, -0.25) is 4.79 Å². The van der Waals surface area contributed by atoms with Gasteiger partial charge in [-0.2, -0.15) is 0 Å². The van der Waals surface area contributed by atoms with E-state index in [1.54, 1.807) is 0 Å². The van der Waals surface area contributed by atoms with E-state index >= 15 is 0 Å². The zero-order valence-corrected chi connectivity index (χ0v) is 14.2. The predicted molar refractivity (Wildman–Crippen MR) is 96.7 cm³/mol. The molecule has 0 heterocycles. The first-order chi connectivity index (χ1) is 11.7. The Kier molecular flexibility index (Phi) is 4.01. The van der Waals surface area contributed by atoms with Gasteiger partial charge in [0, 0.05) is 30.3 Å². The number of fused-ring (bicyclic) bond motifs is 3. The van der Waals surface area contributed by atoms with E-state index in [0.29, 0.717) is 11.7 Å². The van der Waals surface area contributed by atoms with Crippen LogP contribution in [0, 0.1) is 11.8 Å². The van der Waals surface area contributed by atoms with E-state index in [4.69, 9.17) is 0 Å². The van der Waals surface area contributed by atoms with E-state index in [-0.39, 0.29) is 17.4 Å². The number of carbonyl (C=O) groups is 1. The van der Waals surface area contributed by atoms with Crippen molar-refractivity contribution >= 4 is 5.78 Å². The Morgan fingerprint density at radius 1 is 1.00 bits per heavy atom. The molecule has 0 amide bonds. The van der Waals surface area contributed by atoms with Crippen LogP contribution < -0.4 is 5.32 Å². The quantitative estimate of drug-likeness (QED) is 0.919. The highest BCUT2D eigenvalue weighted by Gasteiger charge is 2.55. The van der Waals surface area contributed by atoms with E-state index < -0.39 is 0 Å². The summed E-state index contributed by atoms with van der Waals surface area (Å²) >= 11 is 0. The average molecular weight is 319 g/mol. The summed E-state index contributed by atoms with van der Waals surface area (Å²) in [7, 11) is 0. The van der Waals surface area contributed by atoms with Gasteiger partial charge >= 0.3 is 0 Å². The topological polar surface area (TPSA) is 29.1 Å². The fraction of sp³-hybridized carbons (Fsp3) is 0.409. The van der Waals surface area contributed by atoms with E-state index in [9.17, 15) is 4.79 Å². The van der Waals surface area contributed by atoms with Gasteiger partial charge in [-0.05, 0) is 29.9 Å². The summed E-state index contributed by atoms with van der Waals surface area (Å²) in [6.07, 6.45) is 2.96. The molecule has 0 aliphatic heterocycles. The molecule has 24 heavy (non-hydrogen) atoms. The molecule has 124 valence electrons. The summed E-state index contributed by atoms with van der Waals surface area (Å²) in [6, 6.07) is 21.5. The number of carbonyl (C=O) groups excluding carboxylic acids is 1. The highest BCUT2D eigenvalue weighted by atomic mass is 16.1. The minimum Gasteiger partial charge on any atom is -0.308 e. The maximum atomic E-state index is 12.6. The summed E-state index contributed by atoms with van der Waals surface area (Å²) in [5.41, 5.74) is 2.69. The number of hydrogen-bond acceptors (Lipinski definition) is 2. The molecule has 2 bridgehead atoms. The van der Waals surface area contributed by atoms with Crippen LogP contribution in [0.25, 0.3) is 0 Å². The van der Waals surface area contributed by atoms with Crippen molar-refractivity contribution in [1.82, 2.24) is 5.32 Å². The third-order valence-corrected chi connectivity index (χ3v) is 6.35. The number of rotatable bonds is 4. The molecule has 4 unspecified atom stereocenters. The van der Waals surface area contributed by atoms with Crippen LogP contribution in [-0.4, -0.2) is 11.8 Å². The molecule has 2 heteroatoms. The Morgan fingerprint density at radius 3 is 2.33 bits per heavy atom. The first kappa shape index (κ1) is 15.6. The molecule has 5 rings (SSSR count). The van der Waals surface area contributed by atoms with Crippen molar-refractivity contribution in [1.29, 1.82) is 0 Å². The minimum absolute atomic E-state index is 0.0346. The summed E-state index contributed by atoms with van der Waals surface area (Å²) in [5.74, 6) is 1.07. The molecule has 3 aliphatic rings. The van der Waals surface area contributed by atoms with Crippen LogP contribution in [0.3, 0.4) is 0 Å². The van der Waals surface area contributed by atoms with Gasteiger partial charge in [0.1, 0.15) is 5.78 Å². The standard InChI is InChI=1S/C22H25NO/c1-22(17-10-6-3-7-11-17)18-12-13-19(20(24)14-18)21(22)23-15-16-8-4-2-5-9-16/h2-11,18-19,21,23H,12-15H2,1H3. The smallest absolute Gasteiger partial charge is 0.137 e. The van der Waals surface area contributed by atoms with Crippen molar-refractivity contribution in [3.8, 4) is 0 Å². The molecule has 0 spiro atoms. The number of Topliss-reactive ketones (excluding diaryl/α,β-unsaturated/α-hetero) is 1. The Bertz CT molecular complexity index is 711. The Labute approximate surface area is 144 Å². The van der Waals surface area contributed by atoms with Crippen LogP contribution in [0.15, 0.2) is 60.7 Å². The molecular weight excluding hydrogens is 294 g/mol. The van der Waals surface area contributed by atoms with Gasteiger partial charge < -0.3 is 5.32 Å². The molecule has 0 saturated heterocycles. The highest BCUT2D eigenvalue weighted by molar-refractivity contribution is 5.84. The summed E-state index contributed by atoms with van der Waals surface area (Å²) in [4.78, 5) is 12.6. The molecule has 3 aliphatic carbocycles. The van der Waals surface area contributed by atoms with Crippen molar-refractivity contribution in [3.05, 3.63) is 71.8 Å². The van der Waals surface area contributed by atoms with Gasteiger partial charge in [0.2, 0.25) is 0 Å². The molecule has 2 nitrogen and oxygen atoms in total. The molecule has 3 saturated carbocycles. The van der Waals surface area contributed by atoms with E-state index in [1.807, 2.05) is 6.07 Å². The zero-order valence-electron chi connectivity index (χ0n) is 14.2. The third-order valence-electron chi connectivity index (χ3n) is 6.35. The summed E-state index contributed by atoms with van der Waals surface area (Å²) in [5, 5.41) is 3.77. The highest BCUT2D eigenvalue weighted by Crippen LogP contribution is 2.52. The predicted octanol–water partition coefficient (Wildman–Crippen LogP) is 4.10.